The molecule has 1 N–H and O–H groups in total. The maximum atomic E-state index is 12.5. The van der Waals surface area contributed by atoms with E-state index < -0.39 is 5.97 Å². The normalized spacial score (nSPS) is 11.2. The smallest absolute Gasteiger partial charge is 0.340 e. The number of methoxy groups -OCH3 is 1. The topological polar surface area (TPSA) is 60.7 Å². The minimum absolute atomic E-state index is 0.146. The highest BCUT2D eigenvalue weighted by Crippen LogP contribution is 2.37. The van der Waals surface area contributed by atoms with E-state index in [4.69, 9.17) is 9.47 Å². The van der Waals surface area contributed by atoms with Crippen LogP contribution in [-0.4, -0.2) is 29.4 Å². The number of ether oxygens (including phenoxy) is 2. The molecule has 0 aliphatic rings. The quantitative estimate of drug-likeness (QED) is 0.448. The van der Waals surface area contributed by atoms with Crippen molar-refractivity contribution in [1.29, 1.82) is 0 Å². The molecule has 0 fully saturated rings. The Morgan fingerprint density at radius 2 is 1.73 bits per heavy atom. The Morgan fingerprint density at radius 1 is 1.03 bits per heavy atom. The van der Waals surface area contributed by atoms with Crippen molar-refractivity contribution in [2.75, 3.05) is 13.7 Å². The predicted octanol–water partition coefficient (Wildman–Crippen LogP) is 5.24. The number of hydrogen-bond acceptors (Lipinski definition) is 4. The molecule has 0 aliphatic heterocycles. The third-order valence-electron chi connectivity index (χ3n) is 5.60. The molecule has 0 amide bonds. The standard InChI is InChI=1S/C25H25NO4/c1-4-17-9-11-18(12-10-17)30-14-13-26-16(2)23(25(28)29-3)21-15-22(27)19-7-5-6-8-20(19)24(21)26/h5-12,15,27H,4,13-14H2,1-3H3. The summed E-state index contributed by atoms with van der Waals surface area (Å²) >= 11 is 0. The summed E-state index contributed by atoms with van der Waals surface area (Å²) in [5.41, 5.74) is 3.42. The number of phenols is 1. The van der Waals surface area contributed by atoms with Gasteiger partial charge in [-0.2, -0.15) is 0 Å². The number of aromatic nitrogens is 1. The predicted molar refractivity (Wildman–Crippen MR) is 119 cm³/mol. The van der Waals surface area contributed by atoms with Gasteiger partial charge in [0.2, 0.25) is 0 Å². The molecule has 30 heavy (non-hydrogen) atoms. The molecule has 0 bridgehead atoms. The van der Waals surface area contributed by atoms with Crippen LogP contribution >= 0.6 is 0 Å². The van der Waals surface area contributed by atoms with E-state index in [1.165, 1.54) is 12.7 Å². The van der Waals surface area contributed by atoms with Crippen molar-refractivity contribution < 1.29 is 19.4 Å². The van der Waals surface area contributed by atoms with E-state index in [9.17, 15) is 9.90 Å². The highest BCUT2D eigenvalue weighted by Gasteiger charge is 2.23. The van der Waals surface area contributed by atoms with Crippen LogP contribution in [0.4, 0.5) is 0 Å². The summed E-state index contributed by atoms with van der Waals surface area (Å²) in [6.07, 6.45) is 0.991. The lowest BCUT2D eigenvalue weighted by Gasteiger charge is -2.12. The number of nitrogens with zero attached hydrogens (tertiary/aromatic N) is 1. The minimum Gasteiger partial charge on any atom is -0.507 e. The van der Waals surface area contributed by atoms with Gasteiger partial charge in [-0.25, -0.2) is 4.79 Å². The van der Waals surface area contributed by atoms with Crippen molar-refractivity contribution >= 4 is 27.6 Å². The Bertz CT molecular complexity index is 1220. The first kappa shape index (κ1) is 19.8. The summed E-state index contributed by atoms with van der Waals surface area (Å²) in [4.78, 5) is 12.5. The van der Waals surface area contributed by atoms with E-state index in [2.05, 4.69) is 23.6 Å². The van der Waals surface area contributed by atoms with Crippen molar-refractivity contribution in [2.45, 2.75) is 26.8 Å². The third-order valence-corrected chi connectivity index (χ3v) is 5.60. The van der Waals surface area contributed by atoms with E-state index in [0.29, 0.717) is 24.1 Å². The van der Waals surface area contributed by atoms with Crippen LogP contribution in [0.5, 0.6) is 11.5 Å². The summed E-state index contributed by atoms with van der Waals surface area (Å²) in [6, 6.07) is 17.4. The van der Waals surface area contributed by atoms with Gasteiger partial charge in [0.05, 0.1) is 24.7 Å². The van der Waals surface area contributed by atoms with Gasteiger partial charge in [0.25, 0.3) is 0 Å². The molecule has 4 aromatic rings. The fourth-order valence-corrected chi connectivity index (χ4v) is 4.04. The van der Waals surface area contributed by atoms with Gasteiger partial charge < -0.3 is 19.1 Å². The SMILES string of the molecule is CCc1ccc(OCCn2c(C)c(C(=O)OC)c3cc(O)c4ccccc4c32)cc1. The second kappa shape index (κ2) is 8.11. The average Bonchev–Trinajstić information content (AvgIpc) is 3.05. The second-order valence-corrected chi connectivity index (χ2v) is 7.29. The molecule has 5 nitrogen and oxygen atoms in total. The van der Waals surface area contributed by atoms with E-state index >= 15 is 0 Å². The molecule has 0 saturated heterocycles. The summed E-state index contributed by atoms with van der Waals surface area (Å²) in [5.74, 6) is 0.548. The van der Waals surface area contributed by atoms with Gasteiger partial charge >= 0.3 is 5.97 Å². The number of carbonyl (C=O) groups is 1. The Kier molecular flexibility index (Phi) is 5.36. The summed E-state index contributed by atoms with van der Waals surface area (Å²) < 4.78 is 13.1. The molecule has 1 aromatic heterocycles. The number of rotatable bonds is 6. The van der Waals surface area contributed by atoms with Crippen LogP contribution in [0, 0.1) is 6.92 Å². The van der Waals surface area contributed by atoms with Crippen molar-refractivity contribution in [3.05, 3.63) is 71.4 Å². The van der Waals surface area contributed by atoms with Gasteiger partial charge in [-0.05, 0) is 37.1 Å². The van der Waals surface area contributed by atoms with Gasteiger partial charge in [-0.1, -0.05) is 43.3 Å². The van der Waals surface area contributed by atoms with Gasteiger partial charge in [0, 0.05) is 21.9 Å². The van der Waals surface area contributed by atoms with E-state index in [1.54, 1.807) is 6.07 Å². The van der Waals surface area contributed by atoms with Crippen molar-refractivity contribution in [3.63, 3.8) is 0 Å². The zero-order valence-electron chi connectivity index (χ0n) is 17.4. The second-order valence-electron chi connectivity index (χ2n) is 7.29. The minimum atomic E-state index is -0.415. The van der Waals surface area contributed by atoms with Gasteiger partial charge in [-0.3, -0.25) is 0 Å². The molecule has 154 valence electrons. The summed E-state index contributed by atoms with van der Waals surface area (Å²) in [6.45, 7) is 5.03. The van der Waals surface area contributed by atoms with Crippen molar-refractivity contribution in [3.8, 4) is 11.5 Å². The third kappa shape index (κ3) is 3.36. The molecule has 0 unspecified atom stereocenters. The highest BCUT2D eigenvalue weighted by molar-refractivity contribution is 6.16. The van der Waals surface area contributed by atoms with Crippen molar-refractivity contribution in [2.24, 2.45) is 0 Å². The molecule has 1 heterocycles. The van der Waals surface area contributed by atoms with Crippen LogP contribution in [0.1, 0.15) is 28.5 Å². The monoisotopic (exact) mass is 403 g/mol. The fraction of sp³-hybridized carbons (Fsp3) is 0.240. The molecule has 0 atom stereocenters. The number of esters is 1. The van der Waals surface area contributed by atoms with Gasteiger partial charge in [-0.15, -0.1) is 0 Å². The van der Waals surface area contributed by atoms with Gasteiger partial charge in [0.1, 0.15) is 18.1 Å². The molecule has 5 heteroatoms. The lowest BCUT2D eigenvalue weighted by atomic mass is 10.0. The van der Waals surface area contributed by atoms with E-state index in [-0.39, 0.29) is 5.75 Å². The maximum Gasteiger partial charge on any atom is 0.340 e. The zero-order valence-corrected chi connectivity index (χ0v) is 17.4. The Hall–Kier alpha value is -3.47. The molecule has 0 radical (unpaired) electrons. The first-order valence-corrected chi connectivity index (χ1v) is 10.1. The molecular formula is C25H25NO4. The van der Waals surface area contributed by atoms with Crippen LogP contribution in [0.2, 0.25) is 0 Å². The lowest BCUT2D eigenvalue weighted by molar-refractivity contribution is 0.0601. The Labute approximate surface area is 175 Å². The molecule has 4 rings (SSSR count). The van der Waals surface area contributed by atoms with Crippen LogP contribution in [0.25, 0.3) is 21.7 Å². The number of phenolic OH excluding ortho intramolecular Hbond substituents is 1. The van der Waals surface area contributed by atoms with E-state index in [1.807, 2.05) is 43.3 Å². The average molecular weight is 403 g/mol. The molecule has 0 spiro atoms. The fourth-order valence-electron chi connectivity index (χ4n) is 4.04. The number of aryl methyl sites for hydroxylation is 1. The number of fused-ring (bicyclic) bond motifs is 3. The number of benzene rings is 3. The van der Waals surface area contributed by atoms with E-state index in [0.717, 1.165) is 34.2 Å². The molecule has 0 aliphatic carbocycles. The zero-order chi connectivity index (χ0) is 21.3. The Morgan fingerprint density at radius 3 is 2.40 bits per heavy atom. The summed E-state index contributed by atoms with van der Waals surface area (Å²) in [7, 11) is 1.37. The van der Waals surface area contributed by atoms with Crippen molar-refractivity contribution in [1.82, 2.24) is 4.57 Å². The van der Waals surface area contributed by atoms with Crippen LogP contribution in [0.3, 0.4) is 0 Å². The largest absolute Gasteiger partial charge is 0.507 e. The number of hydrogen-bond donors (Lipinski definition) is 1. The first-order chi connectivity index (χ1) is 14.5. The maximum absolute atomic E-state index is 12.5. The molecule has 3 aromatic carbocycles. The number of aromatic hydroxyl groups is 1. The summed E-state index contributed by atoms with van der Waals surface area (Å²) in [5, 5.41) is 12.8. The first-order valence-electron chi connectivity index (χ1n) is 10.1. The lowest BCUT2D eigenvalue weighted by Crippen LogP contribution is -2.11. The van der Waals surface area contributed by atoms with Crippen LogP contribution < -0.4 is 4.74 Å². The molecular weight excluding hydrogens is 378 g/mol. The van der Waals surface area contributed by atoms with Crippen LogP contribution in [-0.2, 0) is 17.7 Å². The van der Waals surface area contributed by atoms with Gasteiger partial charge in [0.15, 0.2) is 0 Å². The number of carbonyl (C=O) groups excluding carboxylic acids is 1. The highest BCUT2D eigenvalue weighted by atomic mass is 16.5. The Balaban J connectivity index is 1.76. The van der Waals surface area contributed by atoms with Crippen LogP contribution in [0.15, 0.2) is 54.6 Å². The molecule has 0 saturated carbocycles.